The highest BCUT2D eigenvalue weighted by molar-refractivity contribution is 8.00. The smallest absolute Gasteiger partial charge is 0.354 e. The molecule has 1 N–H and O–H groups in total. The van der Waals surface area contributed by atoms with Crippen LogP contribution < -0.4 is 0 Å². The van der Waals surface area contributed by atoms with Crippen LogP contribution in [0.25, 0.3) is 0 Å². The molecule has 1 aliphatic rings. The Bertz CT molecular complexity index is 1150. The molecule has 34 heavy (non-hydrogen) atoms. The molecule has 0 saturated carbocycles. The number of thioether (sulfide) groups is 1. The van der Waals surface area contributed by atoms with Gasteiger partial charge in [0, 0.05) is 41.4 Å². The molecule has 2 heterocycles. The van der Waals surface area contributed by atoms with E-state index < -0.39 is 16.0 Å². The van der Waals surface area contributed by atoms with Gasteiger partial charge in [0.1, 0.15) is 11.4 Å². The Morgan fingerprint density at radius 1 is 1.09 bits per heavy atom. The van der Waals surface area contributed by atoms with Crippen molar-refractivity contribution in [3.05, 3.63) is 41.1 Å². The molecule has 0 unspecified atom stereocenters. The van der Waals surface area contributed by atoms with Gasteiger partial charge in [-0.1, -0.05) is 41.5 Å². The molecule has 0 spiro atoms. The molecule has 1 aliphatic heterocycles. The van der Waals surface area contributed by atoms with Gasteiger partial charge in [-0.05, 0) is 41.5 Å². The Balaban J connectivity index is 1.86. The zero-order chi connectivity index (χ0) is 25.6. The van der Waals surface area contributed by atoms with Crippen LogP contribution in [0.2, 0.25) is 0 Å². The molecule has 1 aromatic carbocycles. The first-order chi connectivity index (χ1) is 15.6. The highest BCUT2D eigenvalue weighted by Crippen LogP contribution is 2.43. The third kappa shape index (κ3) is 5.16. The van der Waals surface area contributed by atoms with Gasteiger partial charge in [0.15, 0.2) is 5.03 Å². The zero-order valence-corrected chi connectivity index (χ0v) is 22.9. The van der Waals surface area contributed by atoms with E-state index in [0.717, 1.165) is 22.4 Å². The van der Waals surface area contributed by atoms with E-state index in [2.05, 4.69) is 41.5 Å². The van der Waals surface area contributed by atoms with Crippen LogP contribution in [0.3, 0.4) is 0 Å². The molecule has 0 bridgehead atoms. The minimum atomic E-state index is -3.75. The molecule has 0 radical (unpaired) electrons. The normalized spacial score (nSPS) is 17.8. The lowest BCUT2D eigenvalue weighted by molar-refractivity contribution is 0.0589. The fraction of sp³-hybridized carbons (Fsp3) is 0.560. The van der Waals surface area contributed by atoms with Crippen LogP contribution in [-0.4, -0.2) is 53.8 Å². The number of phenolic OH excluding ortho intramolecular Hbond substituents is 1. The first-order valence-electron chi connectivity index (χ1n) is 11.4. The van der Waals surface area contributed by atoms with Gasteiger partial charge < -0.3 is 14.4 Å². The number of phenols is 1. The third-order valence-corrected chi connectivity index (χ3v) is 9.36. The number of hydrogen-bond donors (Lipinski definition) is 1. The van der Waals surface area contributed by atoms with E-state index in [1.165, 1.54) is 28.1 Å². The number of aromatic nitrogens is 1. The lowest BCUT2D eigenvalue weighted by Gasteiger charge is -2.28. The van der Waals surface area contributed by atoms with Crippen molar-refractivity contribution in [2.24, 2.45) is 7.05 Å². The van der Waals surface area contributed by atoms with Crippen molar-refractivity contribution in [2.45, 2.75) is 74.0 Å². The van der Waals surface area contributed by atoms with Gasteiger partial charge in [-0.15, -0.1) is 11.8 Å². The second-order valence-electron chi connectivity index (χ2n) is 10.9. The standard InChI is InChI=1S/C25H36N2O5S2/c1-24(2,3)18-13-17(14-19(22(18)28)25(4,5)6)33-16-11-12-27(15-16)34(30,31)21-10-9-20(26(21)7)23(29)32-8/h9-10,13-14,16,28H,11-12,15H2,1-8H3/t16-/m1/s1. The molecule has 3 rings (SSSR count). The summed E-state index contributed by atoms with van der Waals surface area (Å²) in [7, 11) is -0.925. The minimum Gasteiger partial charge on any atom is -0.507 e. The van der Waals surface area contributed by atoms with Crippen molar-refractivity contribution in [1.82, 2.24) is 8.87 Å². The number of hydrogen-bond acceptors (Lipinski definition) is 6. The number of benzene rings is 1. The Hall–Kier alpha value is -1.97. The second-order valence-corrected chi connectivity index (χ2v) is 14.1. The Morgan fingerprint density at radius 2 is 1.65 bits per heavy atom. The topological polar surface area (TPSA) is 88.8 Å². The first kappa shape index (κ1) is 26.6. The SMILES string of the molecule is COC(=O)c1ccc(S(=O)(=O)N2CC[C@@H](Sc3cc(C(C)(C)C)c(O)c(C(C)(C)C)c3)C2)n1C. The van der Waals surface area contributed by atoms with Crippen molar-refractivity contribution >= 4 is 27.8 Å². The largest absolute Gasteiger partial charge is 0.507 e. The number of carbonyl (C=O) groups is 1. The second kappa shape index (κ2) is 9.24. The molecule has 1 atom stereocenters. The Morgan fingerprint density at radius 3 is 2.15 bits per heavy atom. The minimum absolute atomic E-state index is 0.0771. The van der Waals surface area contributed by atoms with E-state index in [-0.39, 0.29) is 26.8 Å². The van der Waals surface area contributed by atoms with E-state index in [4.69, 9.17) is 4.74 Å². The first-order valence-corrected chi connectivity index (χ1v) is 13.7. The number of nitrogens with zero attached hydrogens (tertiary/aromatic N) is 2. The number of ether oxygens (including phenoxy) is 1. The monoisotopic (exact) mass is 508 g/mol. The fourth-order valence-corrected chi connectivity index (χ4v) is 7.22. The van der Waals surface area contributed by atoms with E-state index in [1.807, 2.05) is 12.1 Å². The molecular formula is C25H36N2O5S2. The van der Waals surface area contributed by atoms with Gasteiger partial charge in [0.25, 0.3) is 10.0 Å². The number of methoxy groups -OCH3 is 1. The van der Waals surface area contributed by atoms with Crippen LogP contribution in [0.4, 0.5) is 0 Å². The molecule has 1 aromatic heterocycles. The predicted molar refractivity (Wildman–Crippen MR) is 135 cm³/mol. The maximum Gasteiger partial charge on any atom is 0.354 e. The van der Waals surface area contributed by atoms with Gasteiger partial charge in [-0.3, -0.25) is 0 Å². The van der Waals surface area contributed by atoms with E-state index in [1.54, 1.807) is 18.8 Å². The van der Waals surface area contributed by atoms with Crippen molar-refractivity contribution in [2.75, 3.05) is 20.2 Å². The van der Waals surface area contributed by atoms with E-state index in [0.29, 0.717) is 18.8 Å². The van der Waals surface area contributed by atoms with Gasteiger partial charge in [0.05, 0.1) is 7.11 Å². The number of sulfonamides is 1. The van der Waals surface area contributed by atoms with Crippen LogP contribution in [0.15, 0.2) is 34.2 Å². The summed E-state index contributed by atoms with van der Waals surface area (Å²) in [6.07, 6.45) is 0.717. The maximum atomic E-state index is 13.3. The summed E-state index contributed by atoms with van der Waals surface area (Å²) < 4.78 is 34.2. The molecule has 0 aliphatic carbocycles. The zero-order valence-electron chi connectivity index (χ0n) is 21.3. The molecule has 1 fully saturated rings. The van der Waals surface area contributed by atoms with Gasteiger partial charge >= 0.3 is 5.97 Å². The summed E-state index contributed by atoms with van der Waals surface area (Å²) >= 11 is 1.66. The summed E-state index contributed by atoms with van der Waals surface area (Å²) in [4.78, 5) is 12.9. The summed E-state index contributed by atoms with van der Waals surface area (Å²) in [5.41, 5.74) is 1.53. The van der Waals surface area contributed by atoms with E-state index in [9.17, 15) is 18.3 Å². The van der Waals surface area contributed by atoms with Gasteiger partial charge in [-0.25, -0.2) is 13.2 Å². The molecule has 7 nitrogen and oxygen atoms in total. The van der Waals surface area contributed by atoms with Crippen LogP contribution in [0.5, 0.6) is 5.75 Å². The van der Waals surface area contributed by atoms with Gasteiger partial charge in [0.2, 0.25) is 0 Å². The summed E-state index contributed by atoms with van der Waals surface area (Å²) in [6.45, 7) is 13.3. The number of carbonyl (C=O) groups excluding carboxylic acids is 1. The molecular weight excluding hydrogens is 472 g/mol. The highest BCUT2D eigenvalue weighted by atomic mass is 32.2. The van der Waals surface area contributed by atoms with Crippen LogP contribution in [0.1, 0.15) is 69.6 Å². The summed E-state index contributed by atoms with van der Waals surface area (Å²) in [5.74, 6) is -0.236. The quantitative estimate of drug-likeness (QED) is 0.591. The van der Waals surface area contributed by atoms with Crippen molar-refractivity contribution < 1.29 is 23.1 Å². The third-order valence-electron chi connectivity index (χ3n) is 6.18. The average molecular weight is 509 g/mol. The van der Waals surface area contributed by atoms with Gasteiger partial charge in [-0.2, -0.15) is 4.31 Å². The lowest BCUT2D eigenvalue weighted by Crippen LogP contribution is -2.31. The predicted octanol–water partition coefficient (Wildman–Crippen LogP) is 4.67. The van der Waals surface area contributed by atoms with Crippen molar-refractivity contribution in [3.8, 4) is 5.75 Å². The lowest BCUT2D eigenvalue weighted by atomic mass is 9.79. The van der Waals surface area contributed by atoms with Crippen LogP contribution >= 0.6 is 11.8 Å². The van der Waals surface area contributed by atoms with Crippen molar-refractivity contribution in [1.29, 1.82) is 0 Å². The molecule has 1 saturated heterocycles. The molecule has 9 heteroatoms. The fourth-order valence-electron chi connectivity index (χ4n) is 4.22. The number of aromatic hydroxyl groups is 1. The maximum absolute atomic E-state index is 13.3. The number of rotatable bonds is 5. The molecule has 188 valence electrons. The summed E-state index contributed by atoms with van der Waals surface area (Å²) in [6, 6.07) is 6.99. The van der Waals surface area contributed by atoms with Crippen molar-refractivity contribution in [3.63, 3.8) is 0 Å². The molecule has 0 amide bonds. The van der Waals surface area contributed by atoms with Crippen LogP contribution in [-0.2, 0) is 32.6 Å². The Labute approximate surface area is 207 Å². The van der Waals surface area contributed by atoms with Crippen LogP contribution in [0, 0.1) is 0 Å². The average Bonchev–Trinajstić information content (AvgIpc) is 3.34. The molecule has 2 aromatic rings. The van der Waals surface area contributed by atoms with E-state index >= 15 is 0 Å². The Kier molecular flexibility index (Phi) is 7.24. The highest BCUT2D eigenvalue weighted by Gasteiger charge is 2.36. The number of esters is 1. The summed E-state index contributed by atoms with van der Waals surface area (Å²) in [5, 5.41) is 11.1.